The summed E-state index contributed by atoms with van der Waals surface area (Å²) in [5, 5.41) is 6.72. The Balaban J connectivity index is 2.00. The molecule has 3 nitrogen and oxygen atoms in total. The number of nitrogens with one attached hydrogen (secondary N) is 2. The second-order valence-corrected chi connectivity index (χ2v) is 5.69. The van der Waals surface area contributed by atoms with Gasteiger partial charge in [0.25, 0.3) is 0 Å². The van der Waals surface area contributed by atoms with Crippen molar-refractivity contribution in [2.45, 2.75) is 51.0 Å². The average Bonchev–Trinajstić information content (AvgIpc) is 2.47. The molecule has 0 unspecified atom stereocenters. The molecule has 18 heavy (non-hydrogen) atoms. The number of anilines is 2. The highest BCUT2D eigenvalue weighted by Gasteiger charge is 2.36. The Morgan fingerprint density at radius 2 is 1.94 bits per heavy atom. The van der Waals surface area contributed by atoms with Crippen molar-refractivity contribution in [3.63, 3.8) is 0 Å². The Hall–Kier alpha value is -1.51. The minimum absolute atomic E-state index is 0.0125. The summed E-state index contributed by atoms with van der Waals surface area (Å²) in [6.07, 6.45) is 6.55. The molecule has 1 heterocycles. The van der Waals surface area contributed by atoms with Gasteiger partial charge in [0, 0.05) is 12.0 Å². The molecule has 1 aromatic carbocycles. The smallest absolute Gasteiger partial charge is 0.226 e. The number of fused-ring (bicyclic) bond motifs is 1. The van der Waals surface area contributed by atoms with E-state index in [2.05, 4.69) is 22.8 Å². The fourth-order valence-corrected chi connectivity index (χ4v) is 3.29. The maximum absolute atomic E-state index is 12.1. The molecule has 1 aliphatic carbocycles. The van der Waals surface area contributed by atoms with Crippen molar-refractivity contribution in [1.82, 2.24) is 0 Å². The number of carbonyl (C=O) groups is 1. The lowest BCUT2D eigenvalue weighted by Crippen LogP contribution is -2.41. The number of carbonyl (C=O) groups excluding carboxylic acids is 1. The summed E-state index contributed by atoms with van der Waals surface area (Å²) in [6, 6.07) is 6.17. The van der Waals surface area contributed by atoms with Gasteiger partial charge in [0.2, 0.25) is 5.91 Å². The highest BCUT2D eigenvalue weighted by molar-refractivity contribution is 5.98. The van der Waals surface area contributed by atoms with Crippen LogP contribution < -0.4 is 10.6 Å². The van der Waals surface area contributed by atoms with Gasteiger partial charge < -0.3 is 10.6 Å². The first kappa shape index (κ1) is 11.6. The number of amides is 1. The second-order valence-electron chi connectivity index (χ2n) is 5.69. The molecular formula is C15H20N2O. The maximum Gasteiger partial charge on any atom is 0.226 e. The molecular weight excluding hydrogens is 224 g/mol. The van der Waals surface area contributed by atoms with Crippen LogP contribution in [0.1, 0.15) is 44.1 Å². The Bertz CT molecular complexity index is 475. The fraction of sp³-hybridized carbons (Fsp3) is 0.533. The van der Waals surface area contributed by atoms with Crippen LogP contribution in [0.25, 0.3) is 0 Å². The maximum atomic E-state index is 12.1. The van der Waals surface area contributed by atoms with Gasteiger partial charge in [-0.25, -0.2) is 0 Å². The molecule has 0 aromatic heterocycles. The van der Waals surface area contributed by atoms with Crippen LogP contribution in [-0.4, -0.2) is 11.4 Å². The van der Waals surface area contributed by atoms with Crippen LogP contribution >= 0.6 is 0 Å². The van der Waals surface area contributed by atoms with E-state index in [1.807, 2.05) is 13.0 Å². The van der Waals surface area contributed by atoms with Crippen molar-refractivity contribution in [1.29, 1.82) is 0 Å². The summed E-state index contributed by atoms with van der Waals surface area (Å²) in [6.45, 7) is 2.04. The largest absolute Gasteiger partial charge is 0.377 e. The molecule has 0 radical (unpaired) electrons. The van der Waals surface area contributed by atoms with E-state index in [0.29, 0.717) is 6.42 Å². The molecule has 0 bridgehead atoms. The summed E-state index contributed by atoms with van der Waals surface area (Å²) in [5.41, 5.74) is 3.16. The molecule has 1 aromatic rings. The number of aryl methyl sites for hydroxylation is 1. The third kappa shape index (κ3) is 1.98. The van der Waals surface area contributed by atoms with Crippen molar-refractivity contribution in [3.8, 4) is 0 Å². The first-order valence-corrected chi connectivity index (χ1v) is 6.86. The summed E-state index contributed by atoms with van der Waals surface area (Å²) < 4.78 is 0. The molecule has 2 N–H and O–H groups in total. The van der Waals surface area contributed by atoms with E-state index in [0.717, 1.165) is 29.8 Å². The zero-order valence-corrected chi connectivity index (χ0v) is 10.9. The van der Waals surface area contributed by atoms with E-state index in [1.165, 1.54) is 19.3 Å². The van der Waals surface area contributed by atoms with Crippen LogP contribution in [-0.2, 0) is 4.79 Å². The van der Waals surface area contributed by atoms with E-state index in [9.17, 15) is 4.79 Å². The van der Waals surface area contributed by atoms with Crippen LogP contribution in [0.4, 0.5) is 11.4 Å². The van der Waals surface area contributed by atoms with Gasteiger partial charge in [0.15, 0.2) is 0 Å². The molecule has 1 spiro atoms. The summed E-state index contributed by atoms with van der Waals surface area (Å²) in [7, 11) is 0. The van der Waals surface area contributed by atoms with Crippen LogP contribution in [0.15, 0.2) is 18.2 Å². The highest BCUT2D eigenvalue weighted by atomic mass is 16.1. The van der Waals surface area contributed by atoms with E-state index >= 15 is 0 Å². The summed E-state index contributed by atoms with van der Waals surface area (Å²) in [5.74, 6) is 0.150. The predicted molar refractivity (Wildman–Crippen MR) is 73.9 cm³/mol. The Kier molecular flexibility index (Phi) is 2.77. The molecule has 3 heteroatoms. The standard InChI is InChI=1S/C15H20N2O/c1-11-6-5-7-12-14(11)16-13(18)10-15(17-12)8-3-2-4-9-15/h5-7,17H,2-4,8-10H2,1H3,(H,16,18). The molecule has 1 saturated carbocycles. The predicted octanol–water partition coefficient (Wildman–Crippen LogP) is 3.45. The van der Waals surface area contributed by atoms with Crippen molar-refractivity contribution in [3.05, 3.63) is 23.8 Å². The lowest BCUT2D eigenvalue weighted by molar-refractivity contribution is -0.117. The third-order valence-electron chi connectivity index (χ3n) is 4.25. The molecule has 0 saturated heterocycles. The monoisotopic (exact) mass is 244 g/mol. The van der Waals surface area contributed by atoms with E-state index in [4.69, 9.17) is 0 Å². The number of hydrogen-bond donors (Lipinski definition) is 2. The number of para-hydroxylation sites is 1. The number of hydrogen-bond acceptors (Lipinski definition) is 2. The molecule has 1 amide bonds. The van der Waals surface area contributed by atoms with Gasteiger partial charge in [-0.1, -0.05) is 31.4 Å². The van der Waals surface area contributed by atoms with Gasteiger partial charge in [0.1, 0.15) is 0 Å². The van der Waals surface area contributed by atoms with Crippen molar-refractivity contribution < 1.29 is 4.79 Å². The number of benzene rings is 1. The number of rotatable bonds is 0. The zero-order valence-electron chi connectivity index (χ0n) is 10.9. The average molecular weight is 244 g/mol. The van der Waals surface area contributed by atoms with E-state index in [-0.39, 0.29) is 11.4 Å². The van der Waals surface area contributed by atoms with Gasteiger partial charge in [-0.05, 0) is 31.4 Å². The van der Waals surface area contributed by atoms with Gasteiger partial charge in [-0.3, -0.25) is 4.79 Å². The molecule has 2 aliphatic rings. The lowest BCUT2D eigenvalue weighted by atomic mass is 9.79. The van der Waals surface area contributed by atoms with E-state index < -0.39 is 0 Å². The van der Waals surface area contributed by atoms with Crippen LogP contribution in [0, 0.1) is 6.92 Å². The minimum atomic E-state index is -0.0125. The second kappa shape index (κ2) is 4.30. The van der Waals surface area contributed by atoms with E-state index in [1.54, 1.807) is 0 Å². The molecule has 1 aliphatic heterocycles. The van der Waals surface area contributed by atoms with Crippen LogP contribution in [0.3, 0.4) is 0 Å². The Labute approximate surface area is 108 Å². The third-order valence-corrected chi connectivity index (χ3v) is 4.25. The highest BCUT2D eigenvalue weighted by Crippen LogP contribution is 2.39. The summed E-state index contributed by atoms with van der Waals surface area (Å²) >= 11 is 0. The quantitative estimate of drug-likeness (QED) is 0.734. The van der Waals surface area contributed by atoms with Crippen molar-refractivity contribution in [2.24, 2.45) is 0 Å². The van der Waals surface area contributed by atoms with Crippen LogP contribution in [0.2, 0.25) is 0 Å². The lowest BCUT2D eigenvalue weighted by Gasteiger charge is -2.37. The van der Waals surface area contributed by atoms with Gasteiger partial charge in [0.05, 0.1) is 11.4 Å². The molecule has 0 atom stereocenters. The fourth-order valence-electron chi connectivity index (χ4n) is 3.29. The first-order chi connectivity index (χ1) is 8.69. The Morgan fingerprint density at radius 3 is 2.72 bits per heavy atom. The topological polar surface area (TPSA) is 41.1 Å². The Morgan fingerprint density at radius 1 is 1.17 bits per heavy atom. The van der Waals surface area contributed by atoms with Crippen LogP contribution in [0.5, 0.6) is 0 Å². The van der Waals surface area contributed by atoms with Crippen molar-refractivity contribution in [2.75, 3.05) is 10.6 Å². The normalized spacial score (nSPS) is 21.7. The molecule has 3 rings (SSSR count). The molecule has 1 fully saturated rings. The van der Waals surface area contributed by atoms with Crippen molar-refractivity contribution >= 4 is 17.3 Å². The minimum Gasteiger partial charge on any atom is -0.377 e. The van der Waals surface area contributed by atoms with Gasteiger partial charge >= 0.3 is 0 Å². The first-order valence-electron chi connectivity index (χ1n) is 6.86. The SMILES string of the molecule is Cc1cccc2c1NC(=O)CC1(CCCCC1)N2. The van der Waals surface area contributed by atoms with Gasteiger partial charge in [-0.15, -0.1) is 0 Å². The summed E-state index contributed by atoms with van der Waals surface area (Å²) in [4.78, 5) is 12.1. The molecule has 96 valence electrons. The zero-order chi connectivity index (χ0) is 12.6. The van der Waals surface area contributed by atoms with Gasteiger partial charge in [-0.2, -0.15) is 0 Å².